The van der Waals surface area contributed by atoms with Gasteiger partial charge in [0.1, 0.15) is 17.9 Å². The summed E-state index contributed by atoms with van der Waals surface area (Å²) < 4.78 is 19.1. The summed E-state index contributed by atoms with van der Waals surface area (Å²) >= 11 is 7.75. The summed E-state index contributed by atoms with van der Waals surface area (Å²) in [6, 6.07) is 1.04. The number of aliphatic imine (C=N–C) groups is 1. The van der Waals surface area contributed by atoms with Crippen molar-refractivity contribution >= 4 is 46.7 Å². The number of carbonyl (C=O) groups excluding carboxylic acids is 2. The largest absolute Gasteiger partial charge is 0.480 e. The minimum absolute atomic E-state index is 0.00908. The van der Waals surface area contributed by atoms with E-state index in [-0.39, 0.29) is 36.3 Å². The molecule has 0 spiro atoms. The molecule has 2 aromatic rings. The van der Waals surface area contributed by atoms with E-state index >= 15 is 0 Å². The fourth-order valence-electron chi connectivity index (χ4n) is 5.54. The molecule has 0 bridgehead atoms. The highest BCUT2D eigenvalue weighted by Crippen LogP contribution is 2.38. The number of piperazine rings is 1. The third-order valence-electron chi connectivity index (χ3n) is 7.48. The number of fused-ring (bicyclic) bond motifs is 1. The van der Waals surface area contributed by atoms with Crippen LogP contribution in [-0.4, -0.2) is 99.5 Å². The number of urea groups is 1. The van der Waals surface area contributed by atoms with Gasteiger partial charge in [0, 0.05) is 59.6 Å². The lowest BCUT2D eigenvalue weighted by molar-refractivity contribution is -0.147. The third-order valence-corrected chi connectivity index (χ3v) is 8.59. The number of amidine groups is 1. The second-order valence-electron chi connectivity index (χ2n) is 11.0. The van der Waals surface area contributed by atoms with Crippen LogP contribution >= 0.6 is 22.9 Å². The maximum Gasteiger partial charge on any atom is 0.338 e. The van der Waals surface area contributed by atoms with Crippen LogP contribution in [0.1, 0.15) is 37.4 Å². The van der Waals surface area contributed by atoms with Gasteiger partial charge in [-0.25, -0.2) is 19.0 Å². The molecule has 14 heteroatoms. The lowest BCUT2D eigenvalue weighted by atomic mass is 9.94. The van der Waals surface area contributed by atoms with Crippen LogP contribution in [0.15, 0.2) is 46.0 Å². The van der Waals surface area contributed by atoms with Gasteiger partial charge in [-0.05, 0) is 32.9 Å². The summed E-state index contributed by atoms with van der Waals surface area (Å²) in [6.07, 6.45) is 1.61. The number of nitrogens with zero attached hydrogens (tertiary/aromatic N) is 5. The molecule has 2 fully saturated rings. The number of halogens is 2. The van der Waals surface area contributed by atoms with Gasteiger partial charge < -0.3 is 25.0 Å². The number of amides is 2. The summed E-state index contributed by atoms with van der Waals surface area (Å²) in [6.45, 7) is 6.58. The first-order valence-corrected chi connectivity index (χ1v) is 14.2. The number of ether oxygens (including phenoxy) is 1. The minimum Gasteiger partial charge on any atom is -0.480 e. The van der Waals surface area contributed by atoms with E-state index in [0.29, 0.717) is 28.6 Å². The second kappa shape index (κ2) is 11.0. The van der Waals surface area contributed by atoms with Crippen LogP contribution in [0.4, 0.5) is 9.18 Å². The zero-order valence-corrected chi connectivity index (χ0v) is 24.5. The van der Waals surface area contributed by atoms with Gasteiger partial charge in [-0.15, -0.1) is 11.3 Å². The topological polar surface area (TPSA) is 128 Å². The number of methoxy groups -OCH3 is 1. The summed E-state index contributed by atoms with van der Waals surface area (Å²) in [4.78, 5) is 53.2. The highest BCUT2D eigenvalue weighted by atomic mass is 35.5. The van der Waals surface area contributed by atoms with Gasteiger partial charge in [-0.2, -0.15) is 0 Å². The first-order chi connectivity index (χ1) is 19.4. The van der Waals surface area contributed by atoms with E-state index in [1.165, 1.54) is 30.6 Å². The van der Waals surface area contributed by atoms with E-state index in [0.717, 1.165) is 6.07 Å². The molecule has 1 unspecified atom stereocenters. The second-order valence-corrected chi connectivity index (χ2v) is 12.3. The van der Waals surface area contributed by atoms with Crippen molar-refractivity contribution in [1.29, 1.82) is 0 Å². The molecule has 2 saturated heterocycles. The third kappa shape index (κ3) is 5.41. The lowest BCUT2D eigenvalue weighted by Crippen LogP contribution is -2.62. The van der Waals surface area contributed by atoms with Crippen molar-refractivity contribution in [1.82, 2.24) is 25.0 Å². The number of carboxylic acids is 1. The number of hydrogen-bond donors (Lipinski definition) is 2. The van der Waals surface area contributed by atoms with Gasteiger partial charge in [0.25, 0.3) is 0 Å². The zero-order chi connectivity index (χ0) is 29.6. The van der Waals surface area contributed by atoms with Crippen molar-refractivity contribution < 1.29 is 28.6 Å². The van der Waals surface area contributed by atoms with Crippen molar-refractivity contribution in [3.8, 4) is 0 Å². The number of rotatable bonds is 6. The number of carbonyl (C=O) groups is 3. The molecule has 218 valence electrons. The SMILES string of the molecule is COC(=O)C1=C(CN2CCN3C(=O)N(C(C)(C)C)CC3[C@@H]2C(=O)O)NC(c2nccs2)=N[C@H]1c1ccc(F)cc1Cl. The van der Waals surface area contributed by atoms with E-state index in [4.69, 9.17) is 21.3 Å². The van der Waals surface area contributed by atoms with E-state index in [1.807, 2.05) is 20.8 Å². The quantitative estimate of drug-likeness (QED) is 0.482. The Balaban J connectivity index is 1.57. The van der Waals surface area contributed by atoms with Gasteiger partial charge in [0.05, 0.1) is 18.7 Å². The molecule has 5 rings (SSSR count). The molecular weight excluding hydrogens is 575 g/mol. The van der Waals surface area contributed by atoms with E-state index in [1.54, 1.807) is 26.3 Å². The van der Waals surface area contributed by atoms with Crippen LogP contribution < -0.4 is 5.32 Å². The fourth-order valence-corrected chi connectivity index (χ4v) is 6.40. The average molecular weight is 605 g/mol. The Labute approximate surface area is 245 Å². The highest BCUT2D eigenvalue weighted by Gasteiger charge is 2.52. The monoisotopic (exact) mass is 604 g/mol. The van der Waals surface area contributed by atoms with Crippen LogP contribution in [0, 0.1) is 5.82 Å². The van der Waals surface area contributed by atoms with Crippen molar-refractivity contribution in [3.05, 3.63) is 62.5 Å². The predicted molar refractivity (Wildman–Crippen MR) is 150 cm³/mol. The van der Waals surface area contributed by atoms with Gasteiger partial charge >= 0.3 is 18.0 Å². The number of aromatic nitrogens is 1. The number of carboxylic acid groups (broad SMARTS) is 1. The molecule has 4 heterocycles. The van der Waals surface area contributed by atoms with Crippen LogP contribution in [0.25, 0.3) is 0 Å². The standard InChI is InChI=1S/C27H30ClFN6O5S/c1-27(2,3)35-13-18-21(24(36)37)33(8-9-34(18)26(35)39)12-17-19(25(38)40-4)20(15-6-5-14(29)11-16(15)28)32-22(31-17)23-30-7-10-41-23/h5-7,10-11,18,20-21H,8-9,12-13H2,1-4H3,(H,31,32)(H,36,37)/t18?,20-,21+/m0/s1. The Hall–Kier alpha value is -3.55. The molecule has 0 saturated carbocycles. The molecule has 3 aliphatic rings. The van der Waals surface area contributed by atoms with Crippen molar-refractivity contribution in [3.63, 3.8) is 0 Å². The molecule has 1 aromatic carbocycles. The number of benzene rings is 1. The lowest BCUT2D eigenvalue weighted by Gasteiger charge is -2.42. The molecule has 2 N–H and O–H groups in total. The van der Waals surface area contributed by atoms with E-state index in [2.05, 4.69) is 10.3 Å². The van der Waals surface area contributed by atoms with Gasteiger partial charge in [-0.1, -0.05) is 17.7 Å². The molecule has 41 heavy (non-hydrogen) atoms. The van der Waals surface area contributed by atoms with Gasteiger partial charge in [0.15, 0.2) is 10.8 Å². The average Bonchev–Trinajstić information content (AvgIpc) is 3.56. The first-order valence-electron chi connectivity index (χ1n) is 13.0. The molecule has 1 aromatic heterocycles. The number of hydrogen-bond acceptors (Lipinski definition) is 9. The Bertz CT molecular complexity index is 1440. The van der Waals surface area contributed by atoms with Gasteiger partial charge in [-0.3, -0.25) is 14.7 Å². The van der Waals surface area contributed by atoms with Gasteiger partial charge in [0.2, 0.25) is 0 Å². The van der Waals surface area contributed by atoms with Crippen LogP contribution in [0.5, 0.6) is 0 Å². The van der Waals surface area contributed by atoms with Crippen molar-refractivity contribution in [2.75, 3.05) is 33.3 Å². The highest BCUT2D eigenvalue weighted by molar-refractivity contribution is 7.11. The van der Waals surface area contributed by atoms with Crippen LogP contribution in [0.2, 0.25) is 5.02 Å². The van der Waals surface area contributed by atoms with Crippen molar-refractivity contribution in [2.24, 2.45) is 4.99 Å². The van der Waals surface area contributed by atoms with Crippen molar-refractivity contribution in [2.45, 2.75) is 44.4 Å². The smallest absolute Gasteiger partial charge is 0.338 e. The summed E-state index contributed by atoms with van der Waals surface area (Å²) in [5.74, 6) is -1.96. The molecular formula is C27H30ClFN6O5S. The molecule has 11 nitrogen and oxygen atoms in total. The predicted octanol–water partition coefficient (Wildman–Crippen LogP) is 3.13. The molecule has 0 radical (unpaired) electrons. The molecule has 3 atom stereocenters. The number of nitrogens with one attached hydrogen (secondary N) is 1. The number of thiazole rings is 1. The normalized spacial score (nSPS) is 23.3. The summed E-state index contributed by atoms with van der Waals surface area (Å²) in [5.41, 5.74) is 0.378. The zero-order valence-electron chi connectivity index (χ0n) is 22.9. The Kier molecular flexibility index (Phi) is 7.79. The summed E-state index contributed by atoms with van der Waals surface area (Å²) in [7, 11) is 1.24. The summed E-state index contributed by atoms with van der Waals surface area (Å²) in [5, 5.41) is 15.9. The minimum atomic E-state index is -1.08. The number of aliphatic carboxylic acids is 1. The van der Waals surface area contributed by atoms with E-state index in [9.17, 15) is 23.9 Å². The number of esters is 1. The fraction of sp³-hybridized carbons (Fsp3) is 0.444. The Morgan fingerprint density at radius 2 is 2.05 bits per heavy atom. The maximum atomic E-state index is 13.9. The van der Waals surface area contributed by atoms with Crippen LogP contribution in [0.3, 0.4) is 0 Å². The molecule has 0 aliphatic carbocycles. The Morgan fingerprint density at radius 3 is 2.66 bits per heavy atom. The Morgan fingerprint density at radius 1 is 1.29 bits per heavy atom. The maximum absolute atomic E-state index is 13.9. The van der Waals surface area contributed by atoms with Crippen LogP contribution in [-0.2, 0) is 14.3 Å². The first kappa shape index (κ1) is 29.0. The molecule has 2 amide bonds. The van der Waals surface area contributed by atoms with E-state index < -0.39 is 41.4 Å². The molecule has 3 aliphatic heterocycles.